The van der Waals surface area contributed by atoms with Crippen LogP contribution in [-0.2, 0) is 4.74 Å². The van der Waals surface area contributed by atoms with Crippen LogP contribution in [0.2, 0.25) is 0 Å². The van der Waals surface area contributed by atoms with Crippen LogP contribution in [-0.4, -0.2) is 37.7 Å². The third kappa shape index (κ3) is 3.49. The first-order chi connectivity index (χ1) is 6.02. The second kappa shape index (κ2) is 4.25. The van der Waals surface area contributed by atoms with Crippen LogP contribution in [0.15, 0.2) is 12.2 Å². The Bertz CT molecular complexity index is 189. The molecule has 13 heavy (non-hydrogen) atoms. The molecule has 2 heteroatoms. The number of hydrogen-bond donors (Lipinski definition) is 0. The molecule has 0 unspecified atom stereocenters. The quantitative estimate of drug-likeness (QED) is 0.620. The SMILES string of the molecule is CC(C)OC[C@@]1(C)C=CCN(C)C1. The molecule has 1 aliphatic rings. The van der Waals surface area contributed by atoms with Crippen molar-refractivity contribution in [3.8, 4) is 0 Å². The molecule has 0 bridgehead atoms. The van der Waals surface area contributed by atoms with Gasteiger partial charge < -0.3 is 9.64 Å². The first kappa shape index (κ1) is 10.7. The summed E-state index contributed by atoms with van der Waals surface area (Å²) in [5.41, 5.74) is 0.206. The van der Waals surface area contributed by atoms with Gasteiger partial charge in [0, 0.05) is 18.5 Å². The first-order valence-corrected chi connectivity index (χ1v) is 5.00. The maximum atomic E-state index is 5.65. The summed E-state index contributed by atoms with van der Waals surface area (Å²) in [6.07, 6.45) is 4.85. The number of nitrogens with zero attached hydrogens (tertiary/aromatic N) is 1. The number of hydrogen-bond acceptors (Lipinski definition) is 2. The standard InChI is InChI=1S/C11H21NO/c1-10(2)13-9-11(3)6-5-7-12(4)8-11/h5-6,10H,7-9H2,1-4H3/t11-/m0/s1. The van der Waals surface area contributed by atoms with Gasteiger partial charge in [-0.3, -0.25) is 0 Å². The minimum atomic E-state index is 0.206. The highest BCUT2D eigenvalue weighted by Crippen LogP contribution is 2.23. The van der Waals surface area contributed by atoms with Gasteiger partial charge in [-0.1, -0.05) is 19.1 Å². The maximum Gasteiger partial charge on any atom is 0.0570 e. The second-order valence-electron chi connectivity index (χ2n) is 4.61. The van der Waals surface area contributed by atoms with E-state index in [0.717, 1.165) is 19.7 Å². The third-order valence-corrected chi connectivity index (χ3v) is 2.31. The van der Waals surface area contributed by atoms with Gasteiger partial charge in [-0.15, -0.1) is 0 Å². The van der Waals surface area contributed by atoms with E-state index in [4.69, 9.17) is 4.74 Å². The molecule has 0 aliphatic carbocycles. The Hall–Kier alpha value is -0.340. The molecule has 1 heterocycles. The lowest BCUT2D eigenvalue weighted by molar-refractivity contribution is 0.0193. The fourth-order valence-corrected chi connectivity index (χ4v) is 1.70. The highest BCUT2D eigenvalue weighted by atomic mass is 16.5. The van der Waals surface area contributed by atoms with Gasteiger partial charge in [0.1, 0.15) is 0 Å². The molecule has 76 valence electrons. The van der Waals surface area contributed by atoms with Crippen molar-refractivity contribution in [2.45, 2.75) is 26.9 Å². The van der Waals surface area contributed by atoms with Crippen molar-refractivity contribution < 1.29 is 4.74 Å². The van der Waals surface area contributed by atoms with Gasteiger partial charge in [0.25, 0.3) is 0 Å². The van der Waals surface area contributed by atoms with Crippen LogP contribution in [0.5, 0.6) is 0 Å². The van der Waals surface area contributed by atoms with E-state index in [0.29, 0.717) is 6.10 Å². The molecule has 0 amide bonds. The minimum Gasteiger partial charge on any atom is -0.378 e. The molecule has 1 atom stereocenters. The molecule has 0 fully saturated rings. The van der Waals surface area contributed by atoms with Crippen LogP contribution in [0.3, 0.4) is 0 Å². The summed E-state index contributed by atoms with van der Waals surface area (Å²) in [6.45, 7) is 9.40. The summed E-state index contributed by atoms with van der Waals surface area (Å²) in [5, 5.41) is 0. The molecule has 1 aliphatic heterocycles. The largest absolute Gasteiger partial charge is 0.378 e. The van der Waals surface area contributed by atoms with Crippen molar-refractivity contribution in [3.05, 3.63) is 12.2 Å². The Morgan fingerprint density at radius 2 is 2.23 bits per heavy atom. The van der Waals surface area contributed by atoms with E-state index in [1.54, 1.807) is 0 Å². The Labute approximate surface area is 81.6 Å². The van der Waals surface area contributed by atoms with E-state index in [1.165, 1.54) is 0 Å². The molecule has 2 nitrogen and oxygen atoms in total. The van der Waals surface area contributed by atoms with Crippen molar-refractivity contribution in [2.24, 2.45) is 5.41 Å². The van der Waals surface area contributed by atoms with Crippen molar-refractivity contribution in [2.75, 3.05) is 26.7 Å². The Morgan fingerprint density at radius 3 is 2.77 bits per heavy atom. The van der Waals surface area contributed by atoms with E-state index >= 15 is 0 Å². The lowest BCUT2D eigenvalue weighted by Gasteiger charge is -2.34. The van der Waals surface area contributed by atoms with Crippen LogP contribution in [0.4, 0.5) is 0 Å². The van der Waals surface area contributed by atoms with Crippen molar-refractivity contribution in [1.29, 1.82) is 0 Å². The molecule has 0 spiro atoms. The molecule has 1 rings (SSSR count). The predicted octanol–water partition coefficient (Wildman–Crippen LogP) is 1.92. The topological polar surface area (TPSA) is 12.5 Å². The zero-order valence-electron chi connectivity index (χ0n) is 9.21. The normalized spacial score (nSPS) is 29.9. The molecule has 0 radical (unpaired) electrons. The minimum absolute atomic E-state index is 0.206. The van der Waals surface area contributed by atoms with Gasteiger partial charge in [0.05, 0.1) is 12.7 Å². The molecular weight excluding hydrogens is 162 g/mol. The average Bonchev–Trinajstić information content (AvgIpc) is 2.01. The Morgan fingerprint density at radius 1 is 1.54 bits per heavy atom. The summed E-state index contributed by atoms with van der Waals surface area (Å²) >= 11 is 0. The highest BCUT2D eigenvalue weighted by Gasteiger charge is 2.25. The third-order valence-electron chi connectivity index (χ3n) is 2.31. The molecule has 0 aromatic carbocycles. The van der Waals surface area contributed by atoms with Crippen molar-refractivity contribution in [3.63, 3.8) is 0 Å². The highest BCUT2D eigenvalue weighted by molar-refractivity contribution is 5.04. The van der Waals surface area contributed by atoms with Gasteiger partial charge >= 0.3 is 0 Å². The second-order valence-corrected chi connectivity index (χ2v) is 4.61. The van der Waals surface area contributed by atoms with Gasteiger partial charge in [0.15, 0.2) is 0 Å². The van der Waals surface area contributed by atoms with Crippen LogP contribution in [0.1, 0.15) is 20.8 Å². The lowest BCUT2D eigenvalue weighted by atomic mass is 9.88. The summed E-state index contributed by atoms with van der Waals surface area (Å²) in [5.74, 6) is 0. The maximum absolute atomic E-state index is 5.65. The van der Waals surface area contributed by atoms with E-state index in [2.05, 4.69) is 44.9 Å². The molecular formula is C11H21NO. The van der Waals surface area contributed by atoms with Gasteiger partial charge in [-0.2, -0.15) is 0 Å². The van der Waals surface area contributed by atoms with Crippen LogP contribution in [0, 0.1) is 5.41 Å². The van der Waals surface area contributed by atoms with Crippen molar-refractivity contribution in [1.82, 2.24) is 4.90 Å². The summed E-state index contributed by atoms with van der Waals surface area (Å²) < 4.78 is 5.65. The fraction of sp³-hybridized carbons (Fsp3) is 0.818. The van der Waals surface area contributed by atoms with Crippen LogP contribution < -0.4 is 0 Å². The van der Waals surface area contributed by atoms with Crippen molar-refractivity contribution >= 4 is 0 Å². The van der Waals surface area contributed by atoms with Gasteiger partial charge in [-0.05, 0) is 20.9 Å². The number of ether oxygens (including phenoxy) is 1. The van der Waals surface area contributed by atoms with Crippen LogP contribution in [0.25, 0.3) is 0 Å². The van der Waals surface area contributed by atoms with Gasteiger partial charge in [0.2, 0.25) is 0 Å². The molecule has 0 aromatic rings. The van der Waals surface area contributed by atoms with Gasteiger partial charge in [-0.25, -0.2) is 0 Å². The monoisotopic (exact) mass is 183 g/mol. The molecule has 0 aromatic heterocycles. The zero-order chi connectivity index (χ0) is 9.90. The predicted molar refractivity (Wildman–Crippen MR) is 55.8 cm³/mol. The molecule has 0 saturated carbocycles. The number of rotatable bonds is 3. The van der Waals surface area contributed by atoms with E-state index in [9.17, 15) is 0 Å². The lowest BCUT2D eigenvalue weighted by Crippen LogP contribution is -2.39. The van der Waals surface area contributed by atoms with Crippen LogP contribution >= 0.6 is 0 Å². The fourth-order valence-electron chi connectivity index (χ4n) is 1.70. The first-order valence-electron chi connectivity index (χ1n) is 5.00. The van der Waals surface area contributed by atoms with E-state index < -0.39 is 0 Å². The molecule has 0 N–H and O–H groups in total. The number of likely N-dealkylation sites (N-methyl/N-ethyl adjacent to an activating group) is 1. The summed E-state index contributed by atoms with van der Waals surface area (Å²) in [7, 11) is 2.15. The average molecular weight is 183 g/mol. The molecule has 0 saturated heterocycles. The Balaban J connectivity index is 2.45. The summed E-state index contributed by atoms with van der Waals surface area (Å²) in [6, 6.07) is 0. The van der Waals surface area contributed by atoms with E-state index in [-0.39, 0.29) is 5.41 Å². The summed E-state index contributed by atoms with van der Waals surface area (Å²) in [4.78, 5) is 2.32. The smallest absolute Gasteiger partial charge is 0.0570 e. The zero-order valence-corrected chi connectivity index (χ0v) is 9.21. The Kier molecular flexibility index (Phi) is 3.51. The van der Waals surface area contributed by atoms with E-state index in [1.807, 2.05) is 0 Å².